The van der Waals surface area contributed by atoms with Crippen LogP contribution in [-0.2, 0) is 9.53 Å². The molecule has 2 rings (SSSR count). The Hall–Kier alpha value is -2.20. The van der Waals surface area contributed by atoms with Crippen molar-refractivity contribution in [3.8, 4) is 0 Å². The largest absolute Gasteiger partial charge is 0.384 e. The zero-order chi connectivity index (χ0) is 15.1. The van der Waals surface area contributed by atoms with Crippen molar-refractivity contribution >= 4 is 5.91 Å². The van der Waals surface area contributed by atoms with Gasteiger partial charge in [-0.3, -0.25) is 9.78 Å². The van der Waals surface area contributed by atoms with Gasteiger partial charge in [-0.25, -0.2) is 0 Å². The van der Waals surface area contributed by atoms with Gasteiger partial charge in [0.1, 0.15) is 0 Å². The molecule has 1 amide bonds. The van der Waals surface area contributed by atoms with Crippen molar-refractivity contribution in [2.24, 2.45) is 0 Å². The second kappa shape index (κ2) is 7.55. The maximum Gasteiger partial charge on any atom is 0.223 e. The number of aromatic nitrogens is 1. The fourth-order valence-electron chi connectivity index (χ4n) is 2.24. The van der Waals surface area contributed by atoms with Crippen LogP contribution < -0.4 is 5.32 Å². The molecule has 2 aromatic rings. The lowest BCUT2D eigenvalue weighted by Crippen LogP contribution is -2.30. The molecular formula is C17H20N2O2. The number of nitrogens with one attached hydrogen (secondary N) is 1. The average Bonchev–Trinajstić information content (AvgIpc) is 2.52. The molecule has 0 unspecified atom stereocenters. The summed E-state index contributed by atoms with van der Waals surface area (Å²) in [5.41, 5.74) is 3.26. The van der Waals surface area contributed by atoms with Gasteiger partial charge < -0.3 is 10.1 Å². The van der Waals surface area contributed by atoms with E-state index < -0.39 is 0 Å². The SMILES string of the molecule is COCCC(=O)N[C@@H](c1ccncc1)c1ccccc1C. The van der Waals surface area contributed by atoms with Crippen molar-refractivity contribution in [1.29, 1.82) is 0 Å². The van der Waals surface area contributed by atoms with Crippen LogP contribution in [-0.4, -0.2) is 24.6 Å². The number of benzene rings is 1. The smallest absolute Gasteiger partial charge is 0.223 e. The molecule has 0 aliphatic heterocycles. The normalized spacial score (nSPS) is 11.9. The summed E-state index contributed by atoms with van der Waals surface area (Å²) in [5.74, 6) is -0.0260. The maximum absolute atomic E-state index is 12.1. The summed E-state index contributed by atoms with van der Waals surface area (Å²) < 4.78 is 4.96. The molecule has 0 aliphatic rings. The van der Waals surface area contributed by atoms with Crippen LogP contribution in [0.1, 0.15) is 29.2 Å². The number of hydrogen-bond donors (Lipinski definition) is 1. The highest BCUT2D eigenvalue weighted by Crippen LogP contribution is 2.24. The molecule has 4 heteroatoms. The topological polar surface area (TPSA) is 51.2 Å². The third-order valence-corrected chi connectivity index (χ3v) is 3.38. The van der Waals surface area contributed by atoms with Crippen LogP contribution in [0.3, 0.4) is 0 Å². The minimum atomic E-state index is -0.168. The van der Waals surface area contributed by atoms with Crippen LogP contribution in [0.4, 0.5) is 0 Å². The monoisotopic (exact) mass is 284 g/mol. The fraction of sp³-hybridized carbons (Fsp3) is 0.294. The molecule has 1 atom stereocenters. The first-order valence-electron chi connectivity index (χ1n) is 6.96. The molecule has 4 nitrogen and oxygen atoms in total. The molecule has 0 saturated carbocycles. The van der Waals surface area contributed by atoms with Gasteiger partial charge in [0.05, 0.1) is 12.6 Å². The highest BCUT2D eigenvalue weighted by molar-refractivity contribution is 5.77. The molecule has 0 fully saturated rings. The first-order valence-corrected chi connectivity index (χ1v) is 6.96. The van der Waals surface area contributed by atoms with Gasteiger partial charge in [-0.2, -0.15) is 0 Å². The quantitative estimate of drug-likeness (QED) is 0.887. The molecule has 1 aromatic heterocycles. The number of hydrogen-bond acceptors (Lipinski definition) is 3. The summed E-state index contributed by atoms with van der Waals surface area (Å²) >= 11 is 0. The zero-order valence-electron chi connectivity index (χ0n) is 12.4. The Morgan fingerprint density at radius 1 is 1.24 bits per heavy atom. The van der Waals surface area contributed by atoms with Crippen LogP contribution in [0, 0.1) is 6.92 Å². The molecule has 1 N–H and O–H groups in total. The number of rotatable bonds is 6. The maximum atomic E-state index is 12.1. The van der Waals surface area contributed by atoms with Gasteiger partial charge in [0, 0.05) is 25.9 Å². The Bertz CT molecular complexity index is 584. The number of carbonyl (C=O) groups is 1. The predicted molar refractivity (Wildman–Crippen MR) is 81.9 cm³/mol. The van der Waals surface area contributed by atoms with Gasteiger partial charge >= 0.3 is 0 Å². The molecule has 0 bridgehead atoms. The molecule has 0 radical (unpaired) electrons. The summed E-state index contributed by atoms with van der Waals surface area (Å²) in [6.07, 6.45) is 3.83. The van der Waals surface area contributed by atoms with Gasteiger partial charge in [0.25, 0.3) is 0 Å². The fourth-order valence-corrected chi connectivity index (χ4v) is 2.24. The second-order valence-corrected chi connectivity index (χ2v) is 4.88. The number of carbonyl (C=O) groups excluding carboxylic acids is 1. The van der Waals surface area contributed by atoms with Crippen molar-refractivity contribution < 1.29 is 9.53 Å². The van der Waals surface area contributed by atoms with Gasteiger partial charge in [-0.05, 0) is 35.7 Å². The minimum Gasteiger partial charge on any atom is -0.384 e. The Morgan fingerprint density at radius 3 is 2.62 bits per heavy atom. The van der Waals surface area contributed by atoms with E-state index in [1.165, 1.54) is 0 Å². The Balaban J connectivity index is 2.27. The summed E-state index contributed by atoms with van der Waals surface area (Å²) in [4.78, 5) is 16.1. The van der Waals surface area contributed by atoms with Crippen molar-refractivity contribution in [3.05, 3.63) is 65.5 Å². The summed E-state index contributed by atoms with van der Waals surface area (Å²) in [5, 5.41) is 3.08. The van der Waals surface area contributed by atoms with Crippen LogP contribution in [0.2, 0.25) is 0 Å². The number of pyridine rings is 1. The lowest BCUT2D eigenvalue weighted by atomic mass is 9.95. The number of methoxy groups -OCH3 is 1. The first kappa shape index (κ1) is 15.2. The van der Waals surface area contributed by atoms with Gasteiger partial charge in [-0.1, -0.05) is 24.3 Å². The molecular weight excluding hydrogens is 264 g/mol. The molecule has 21 heavy (non-hydrogen) atoms. The lowest BCUT2D eigenvalue weighted by Gasteiger charge is -2.21. The van der Waals surface area contributed by atoms with Crippen LogP contribution in [0.25, 0.3) is 0 Å². The van der Waals surface area contributed by atoms with E-state index in [1.54, 1.807) is 19.5 Å². The highest BCUT2D eigenvalue weighted by Gasteiger charge is 2.18. The number of aryl methyl sites for hydroxylation is 1. The van der Waals surface area contributed by atoms with Crippen LogP contribution in [0.5, 0.6) is 0 Å². The van der Waals surface area contributed by atoms with Crippen molar-refractivity contribution in [2.75, 3.05) is 13.7 Å². The Labute approximate surface area is 125 Å². The summed E-state index contributed by atoms with van der Waals surface area (Å²) in [6.45, 7) is 2.47. The van der Waals surface area contributed by atoms with Gasteiger partial charge in [-0.15, -0.1) is 0 Å². The van der Waals surface area contributed by atoms with Crippen molar-refractivity contribution in [3.63, 3.8) is 0 Å². The molecule has 0 saturated heterocycles. The van der Waals surface area contributed by atoms with Crippen molar-refractivity contribution in [2.45, 2.75) is 19.4 Å². The zero-order valence-corrected chi connectivity index (χ0v) is 12.4. The number of nitrogens with zero attached hydrogens (tertiary/aromatic N) is 1. The third-order valence-electron chi connectivity index (χ3n) is 3.38. The average molecular weight is 284 g/mol. The molecule has 0 spiro atoms. The van der Waals surface area contributed by atoms with E-state index in [0.717, 1.165) is 16.7 Å². The van der Waals surface area contributed by atoms with Crippen LogP contribution in [0.15, 0.2) is 48.8 Å². The van der Waals surface area contributed by atoms with Crippen molar-refractivity contribution in [1.82, 2.24) is 10.3 Å². The Kier molecular flexibility index (Phi) is 5.46. The highest BCUT2D eigenvalue weighted by atomic mass is 16.5. The molecule has 1 aromatic carbocycles. The van der Waals surface area contributed by atoms with Gasteiger partial charge in [0.15, 0.2) is 0 Å². The van der Waals surface area contributed by atoms with Crippen LogP contribution >= 0.6 is 0 Å². The van der Waals surface area contributed by atoms with Gasteiger partial charge in [0.2, 0.25) is 5.91 Å². The minimum absolute atomic E-state index is 0.0260. The standard InChI is InChI=1S/C17H20N2O2/c1-13-5-3-4-6-15(13)17(14-7-10-18-11-8-14)19-16(20)9-12-21-2/h3-8,10-11,17H,9,12H2,1-2H3,(H,19,20)/t17-/m0/s1. The Morgan fingerprint density at radius 2 is 1.95 bits per heavy atom. The molecule has 1 heterocycles. The van der Waals surface area contributed by atoms with E-state index in [0.29, 0.717) is 13.0 Å². The lowest BCUT2D eigenvalue weighted by molar-refractivity contribution is -0.122. The second-order valence-electron chi connectivity index (χ2n) is 4.88. The molecule has 110 valence electrons. The third kappa shape index (κ3) is 4.13. The first-order chi connectivity index (χ1) is 10.2. The van der Waals surface area contributed by atoms with E-state index in [9.17, 15) is 4.79 Å². The van der Waals surface area contributed by atoms with E-state index in [1.807, 2.05) is 43.3 Å². The summed E-state index contributed by atoms with van der Waals surface area (Å²) in [7, 11) is 1.59. The van der Waals surface area contributed by atoms with E-state index >= 15 is 0 Å². The number of ether oxygens (including phenoxy) is 1. The van der Waals surface area contributed by atoms with E-state index in [2.05, 4.69) is 10.3 Å². The van der Waals surface area contributed by atoms with E-state index in [-0.39, 0.29) is 11.9 Å². The predicted octanol–water partition coefficient (Wildman–Crippen LogP) is 2.63. The van der Waals surface area contributed by atoms with E-state index in [4.69, 9.17) is 4.74 Å². The number of amides is 1. The molecule has 0 aliphatic carbocycles. The summed E-state index contributed by atoms with van der Waals surface area (Å²) in [6, 6.07) is 11.7.